The van der Waals surface area contributed by atoms with Crippen LogP contribution in [0.4, 0.5) is 11.4 Å². The van der Waals surface area contributed by atoms with E-state index in [1.54, 1.807) is 7.05 Å². The van der Waals surface area contributed by atoms with Gasteiger partial charge in [-0.3, -0.25) is 10.1 Å². The zero-order chi connectivity index (χ0) is 16.3. The van der Waals surface area contributed by atoms with Gasteiger partial charge in [0.2, 0.25) is 10.0 Å². The number of benzene rings is 1. The van der Waals surface area contributed by atoms with Gasteiger partial charge in [0.25, 0.3) is 5.69 Å². The van der Waals surface area contributed by atoms with Gasteiger partial charge in [0.05, 0.1) is 10.6 Å². The number of nitrogens with one attached hydrogen (secondary N) is 2. The first-order chi connectivity index (χ1) is 9.63. The van der Waals surface area contributed by atoms with E-state index >= 15 is 0 Å². The van der Waals surface area contributed by atoms with Gasteiger partial charge in [-0.2, -0.15) is 0 Å². The Hall–Kier alpha value is -1.67. The van der Waals surface area contributed by atoms with E-state index < -0.39 is 14.9 Å². The van der Waals surface area contributed by atoms with Crippen molar-refractivity contribution in [2.45, 2.75) is 32.1 Å². The summed E-state index contributed by atoms with van der Waals surface area (Å²) in [7, 11) is -2.25. The fraction of sp³-hybridized carbons (Fsp3) is 0.538. The summed E-state index contributed by atoms with van der Waals surface area (Å²) < 4.78 is 27.3. The van der Waals surface area contributed by atoms with Gasteiger partial charge in [-0.25, -0.2) is 13.1 Å². The molecule has 118 valence electrons. The fourth-order valence-corrected chi connectivity index (χ4v) is 3.02. The molecule has 0 radical (unpaired) electrons. The lowest BCUT2D eigenvalue weighted by Crippen LogP contribution is -2.34. The Morgan fingerprint density at radius 3 is 2.43 bits per heavy atom. The Morgan fingerprint density at radius 1 is 1.33 bits per heavy atom. The van der Waals surface area contributed by atoms with E-state index in [1.165, 1.54) is 12.1 Å². The molecule has 0 fully saturated rings. The highest BCUT2D eigenvalue weighted by atomic mass is 32.2. The Labute approximate surface area is 124 Å². The van der Waals surface area contributed by atoms with Crippen molar-refractivity contribution in [2.75, 3.05) is 18.9 Å². The predicted molar refractivity (Wildman–Crippen MR) is 81.9 cm³/mol. The Balaban J connectivity index is 3.17. The van der Waals surface area contributed by atoms with Crippen LogP contribution in [-0.2, 0) is 10.0 Å². The van der Waals surface area contributed by atoms with E-state index in [2.05, 4.69) is 10.0 Å². The lowest BCUT2D eigenvalue weighted by molar-refractivity contribution is -0.385. The van der Waals surface area contributed by atoms with Gasteiger partial charge >= 0.3 is 0 Å². The van der Waals surface area contributed by atoms with Gasteiger partial charge in [-0.15, -0.1) is 0 Å². The van der Waals surface area contributed by atoms with Crippen molar-refractivity contribution in [3.8, 4) is 0 Å². The molecule has 1 aromatic rings. The lowest BCUT2D eigenvalue weighted by Gasteiger charge is -2.23. The number of nitro groups is 1. The minimum Gasteiger partial charge on any atom is -0.387 e. The normalized spacial score (nSPS) is 12.2. The van der Waals surface area contributed by atoms with Crippen LogP contribution in [0.5, 0.6) is 0 Å². The highest BCUT2D eigenvalue weighted by molar-refractivity contribution is 7.89. The van der Waals surface area contributed by atoms with Crippen molar-refractivity contribution < 1.29 is 13.3 Å². The second kappa shape index (κ2) is 6.40. The van der Waals surface area contributed by atoms with Crippen LogP contribution in [0.1, 0.15) is 27.2 Å². The van der Waals surface area contributed by atoms with Crippen LogP contribution in [-0.4, -0.2) is 26.9 Å². The van der Waals surface area contributed by atoms with E-state index in [-0.39, 0.29) is 22.5 Å². The van der Waals surface area contributed by atoms with Crippen LogP contribution in [0.25, 0.3) is 0 Å². The molecule has 1 aromatic carbocycles. The van der Waals surface area contributed by atoms with Crippen molar-refractivity contribution in [3.63, 3.8) is 0 Å². The van der Waals surface area contributed by atoms with Gasteiger partial charge in [0, 0.05) is 25.7 Å². The second-order valence-electron chi connectivity index (χ2n) is 5.53. The lowest BCUT2D eigenvalue weighted by atomic mass is 9.91. The Morgan fingerprint density at radius 2 is 1.95 bits per heavy atom. The van der Waals surface area contributed by atoms with Crippen molar-refractivity contribution in [2.24, 2.45) is 5.41 Å². The Kier molecular flexibility index (Phi) is 5.30. The molecule has 1 rings (SSSR count). The number of hydrogen-bond acceptors (Lipinski definition) is 5. The highest BCUT2D eigenvalue weighted by Gasteiger charge is 2.24. The van der Waals surface area contributed by atoms with Crippen LogP contribution < -0.4 is 10.0 Å². The number of nitro benzene ring substituents is 1. The molecule has 8 heteroatoms. The van der Waals surface area contributed by atoms with Crippen molar-refractivity contribution in [1.29, 1.82) is 0 Å². The Bertz CT molecular complexity index is 626. The molecule has 0 heterocycles. The van der Waals surface area contributed by atoms with Gasteiger partial charge < -0.3 is 5.32 Å². The van der Waals surface area contributed by atoms with Gasteiger partial charge in [0.15, 0.2) is 0 Å². The summed E-state index contributed by atoms with van der Waals surface area (Å²) in [5, 5.41) is 13.6. The van der Waals surface area contributed by atoms with E-state index in [9.17, 15) is 18.5 Å². The van der Waals surface area contributed by atoms with E-state index in [1.807, 2.05) is 20.8 Å². The number of sulfonamides is 1. The van der Waals surface area contributed by atoms with Crippen LogP contribution in [0.2, 0.25) is 0 Å². The quantitative estimate of drug-likeness (QED) is 0.594. The summed E-state index contributed by atoms with van der Waals surface area (Å²) in [5.74, 6) is 0. The molecule has 0 aliphatic rings. The maximum Gasteiger partial charge on any atom is 0.270 e. The topological polar surface area (TPSA) is 101 Å². The molecule has 7 nitrogen and oxygen atoms in total. The molecule has 0 aliphatic heterocycles. The number of nitrogens with zero attached hydrogens (tertiary/aromatic N) is 1. The van der Waals surface area contributed by atoms with E-state index in [4.69, 9.17) is 0 Å². The van der Waals surface area contributed by atoms with Crippen molar-refractivity contribution in [3.05, 3.63) is 28.3 Å². The third kappa shape index (κ3) is 4.40. The summed E-state index contributed by atoms with van der Waals surface area (Å²) >= 11 is 0. The standard InChI is InChI=1S/C13H21N3O4S/c1-5-13(2,3)9-15-21(19,20)12-8-10(16(17)18)6-7-11(12)14-4/h6-8,14-15H,5,9H2,1-4H3. The van der Waals surface area contributed by atoms with Gasteiger partial charge in [0.1, 0.15) is 4.90 Å². The van der Waals surface area contributed by atoms with Gasteiger partial charge in [-0.1, -0.05) is 20.8 Å². The van der Waals surface area contributed by atoms with Crippen LogP contribution >= 0.6 is 0 Å². The predicted octanol–water partition coefficient (Wildman–Crippen LogP) is 2.35. The first kappa shape index (κ1) is 17.4. The summed E-state index contributed by atoms with van der Waals surface area (Å²) in [6.07, 6.45) is 0.809. The fourth-order valence-electron chi connectivity index (χ4n) is 1.55. The molecule has 2 N–H and O–H groups in total. The maximum absolute atomic E-state index is 12.4. The first-order valence-electron chi connectivity index (χ1n) is 6.59. The molecule has 0 aromatic heterocycles. The minimum atomic E-state index is -3.82. The van der Waals surface area contributed by atoms with Crippen molar-refractivity contribution in [1.82, 2.24) is 4.72 Å². The maximum atomic E-state index is 12.4. The third-order valence-corrected chi connectivity index (χ3v) is 4.87. The molecule has 0 amide bonds. The molecular formula is C13H21N3O4S. The molecule has 21 heavy (non-hydrogen) atoms. The monoisotopic (exact) mass is 315 g/mol. The molecule has 0 saturated carbocycles. The molecule has 0 unspecified atom stereocenters. The molecule has 0 spiro atoms. The number of anilines is 1. The molecule has 0 bridgehead atoms. The smallest absolute Gasteiger partial charge is 0.270 e. The molecule has 0 saturated heterocycles. The second-order valence-corrected chi connectivity index (χ2v) is 7.27. The summed E-state index contributed by atoms with van der Waals surface area (Å²) in [6.45, 7) is 6.13. The van der Waals surface area contributed by atoms with Crippen molar-refractivity contribution >= 4 is 21.4 Å². The number of non-ortho nitro benzene ring substituents is 1. The highest BCUT2D eigenvalue weighted by Crippen LogP contribution is 2.27. The van der Waals surface area contributed by atoms with Crippen LogP contribution in [0.15, 0.2) is 23.1 Å². The average molecular weight is 315 g/mol. The molecule has 0 aliphatic carbocycles. The largest absolute Gasteiger partial charge is 0.387 e. The van der Waals surface area contributed by atoms with Crippen LogP contribution in [0, 0.1) is 15.5 Å². The zero-order valence-electron chi connectivity index (χ0n) is 12.6. The van der Waals surface area contributed by atoms with E-state index in [0.717, 1.165) is 12.5 Å². The summed E-state index contributed by atoms with van der Waals surface area (Å²) in [6, 6.07) is 3.71. The van der Waals surface area contributed by atoms with E-state index in [0.29, 0.717) is 5.69 Å². The summed E-state index contributed by atoms with van der Waals surface area (Å²) in [5.41, 5.74) is -0.125. The number of rotatable bonds is 7. The third-order valence-electron chi connectivity index (χ3n) is 3.43. The zero-order valence-corrected chi connectivity index (χ0v) is 13.5. The minimum absolute atomic E-state index is 0.119. The first-order valence-corrected chi connectivity index (χ1v) is 8.07. The van der Waals surface area contributed by atoms with Gasteiger partial charge in [-0.05, 0) is 17.9 Å². The SMILES string of the molecule is CCC(C)(C)CNS(=O)(=O)c1cc([N+](=O)[O-])ccc1NC. The number of hydrogen-bond donors (Lipinski definition) is 2. The summed E-state index contributed by atoms with van der Waals surface area (Å²) in [4.78, 5) is 10.1. The molecular weight excluding hydrogens is 294 g/mol. The van der Waals surface area contributed by atoms with Crippen LogP contribution in [0.3, 0.4) is 0 Å². The average Bonchev–Trinajstić information content (AvgIpc) is 2.44. The molecule has 0 atom stereocenters.